The molecule has 2 aromatic rings. The molecule has 0 unspecified atom stereocenters. The Morgan fingerprint density at radius 1 is 1.19 bits per heavy atom. The molecule has 3 rings (SSSR count). The first kappa shape index (κ1) is 19.7. The molecule has 0 bridgehead atoms. The summed E-state index contributed by atoms with van der Waals surface area (Å²) in [4.78, 5) is 7.27. The number of methoxy groups -OCH3 is 1. The lowest BCUT2D eigenvalue weighted by Crippen LogP contribution is -2.48. The molecule has 1 aliphatic rings. The summed E-state index contributed by atoms with van der Waals surface area (Å²) in [5, 5.41) is 4.14. The number of rotatable bonds is 8. The van der Waals surface area contributed by atoms with E-state index in [0.29, 0.717) is 5.92 Å². The minimum atomic E-state index is 0.411. The van der Waals surface area contributed by atoms with Crippen LogP contribution < -0.4 is 9.64 Å². The molecule has 27 heavy (non-hydrogen) atoms. The zero-order valence-corrected chi connectivity index (χ0v) is 17.0. The first-order valence-corrected chi connectivity index (χ1v) is 9.80. The molecule has 0 radical (unpaired) electrons. The Bertz CT molecular complexity index is 708. The standard InChI is InChI=1S/C21H32N4O2/c1-17(2)21-15-20(27-22-21)16-23(3)8-9-24-10-12-25(13-11-24)18-6-5-7-19(14-18)26-4/h5-7,14-15,17H,8-13,16H2,1-4H3. The van der Waals surface area contributed by atoms with Gasteiger partial charge in [-0.25, -0.2) is 0 Å². The van der Waals surface area contributed by atoms with E-state index in [-0.39, 0.29) is 0 Å². The average molecular weight is 373 g/mol. The van der Waals surface area contributed by atoms with Gasteiger partial charge < -0.3 is 14.2 Å². The van der Waals surface area contributed by atoms with E-state index in [1.165, 1.54) is 5.69 Å². The van der Waals surface area contributed by atoms with Crippen molar-refractivity contribution in [1.82, 2.24) is 15.0 Å². The summed E-state index contributed by atoms with van der Waals surface area (Å²) in [7, 11) is 3.86. The third-order valence-electron chi connectivity index (χ3n) is 5.18. The van der Waals surface area contributed by atoms with Gasteiger partial charge in [0.1, 0.15) is 5.75 Å². The highest BCUT2D eigenvalue weighted by molar-refractivity contribution is 5.51. The molecule has 1 saturated heterocycles. The Hall–Kier alpha value is -2.05. The molecule has 0 amide bonds. The fourth-order valence-corrected chi connectivity index (χ4v) is 3.37. The molecule has 0 spiro atoms. The molecule has 0 aliphatic carbocycles. The minimum Gasteiger partial charge on any atom is -0.497 e. The van der Waals surface area contributed by atoms with Gasteiger partial charge in [0.15, 0.2) is 5.76 Å². The molecule has 6 nitrogen and oxygen atoms in total. The van der Waals surface area contributed by atoms with Crippen molar-refractivity contribution in [2.45, 2.75) is 26.3 Å². The lowest BCUT2D eigenvalue weighted by Gasteiger charge is -2.36. The van der Waals surface area contributed by atoms with Crippen LogP contribution in [-0.4, -0.2) is 68.4 Å². The van der Waals surface area contributed by atoms with Crippen molar-refractivity contribution in [1.29, 1.82) is 0 Å². The maximum absolute atomic E-state index is 5.45. The van der Waals surface area contributed by atoms with Crippen LogP contribution in [0.25, 0.3) is 0 Å². The Labute approximate surface area is 162 Å². The molecule has 0 atom stereocenters. The van der Waals surface area contributed by atoms with E-state index in [1.807, 2.05) is 6.07 Å². The van der Waals surface area contributed by atoms with E-state index in [0.717, 1.165) is 63.0 Å². The summed E-state index contributed by atoms with van der Waals surface area (Å²) in [6.07, 6.45) is 0. The number of hydrogen-bond donors (Lipinski definition) is 0. The number of nitrogens with zero attached hydrogens (tertiary/aromatic N) is 4. The molecule has 148 valence electrons. The number of aromatic nitrogens is 1. The molecular weight excluding hydrogens is 340 g/mol. The number of anilines is 1. The quantitative estimate of drug-likeness (QED) is 0.710. The summed E-state index contributed by atoms with van der Waals surface area (Å²) in [5.41, 5.74) is 2.28. The molecule has 1 fully saturated rings. The maximum atomic E-state index is 5.45. The van der Waals surface area contributed by atoms with Crippen LogP contribution in [0.4, 0.5) is 5.69 Å². The van der Waals surface area contributed by atoms with Crippen LogP contribution in [0.1, 0.15) is 31.2 Å². The summed E-state index contributed by atoms with van der Waals surface area (Å²) in [6, 6.07) is 10.4. The van der Waals surface area contributed by atoms with Crippen LogP contribution in [0.5, 0.6) is 5.75 Å². The fraction of sp³-hybridized carbons (Fsp3) is 0.571. The van der Waals surface area contributed by atoms with Gasteiger partial charge in [-0.05, 0) is 25.1 Å². The van der Waals surface area contributed by atoms with Crippen molar-refractivity contribution >= 4 is 5.69 Å². The van der Waals surface area contributed by atoms with Gasteiger partial charge in [-0.3, -0.25) is 9.80 Å². The van der Waals surface area contributed by atoms with Gasteiger partial charge in [0.2, 0.25) is 0 Å². The fourth-order valence-electron chi connectivity index (χ4n) is 3.37. The normalized spacial score (nSPS) is 15.7. The molecule has 1 aromatic heterocycles. The summed E-state index contributed by atoms with van der Waals surface area (Å²) < 4.78 is 10.8. The van der Waals surface area contributed by atoms with Crippen LogP contribution in [0.15, 0.2) is 34.9 Å². The van der Waals surface area contributed by atoms with Crippen LogP contribution in [-0.2, 0) is 6.54 Å². The third-order valence-corrected chi connectivity index (χ3v) is 5.18. The van der Waals surface area contributed by atoms with Gasteiger partial charge in [-0.15, -0.1) is 0 Å². The summed E-state index contributed by atoms with van der Waals surface area (Å²) in [5.74, 6) is 2.28. The van der Waals surface area contributed by atoms with E-state index >= 15 is 0 Å². The van der Waals surface area contributed by atoms with Crippen LogP contribution in [0, 0.1) is 0 Å². The molecule has 1 aromatic carbocycles. The third kappa shape index (κ3) is 5.47. The van der Waals surface area contributed by atoms with Crippen molar-refractivity contribution in [3.8, 4) is 5.75 Å². The predicted octanol–water partition coefficient (Wildman–Crippen LogP) is 3.06. The Morgan fingerprint density at radius 3 is 2.63 bits per heavy atom. The van der Waals surface area contributed by atoms with Crippen molar-refractivity contribution < 1.29 is 9.26 Å². The van der Waals surface area contributed by atoms with E-state index in [1.54, 1.807) is 7.11 Å². The van der Waals surface area contributed by atoms with E-state index in [4.69, 9.17) is 9.26 Å². The van der Waals surface area contributed by atoms with Crippen molar-refractivity contribution in [3.63, 3.8) is 0 Å². The zero-order chi connectivity index (χ0) is 19.2. The Balaban J connectivity index is 1.41. The Morgan fingerprint density at radius 2 is 1.96 bits per heavy atom. The van der Waals surface area contributed by atoms with Crippen molar-refractivity contribution in [3.05, 3.63) is 41.8 Å². The van der Waals surface area contributed by atoms with Crippen molar-refractivity contribution in [2.24, 2.45) is 0 Å². The molecule has 0 saturated carbocycles. The van der Waals surface area contributed by atoms with Crippen LogP contribution in [0.3, 0.4) is 0 Å². The number of benzene rings is 1. The highest BCUT2D eigenvalue weighted by Crippen LogP contribution is 2.22. The number of piperazine rings is 1. The first-order valence-electron chi connectivity index (χ1n) is 9.80. The van der Waals surface area contributed by atoms with E-state index in [9.17, 15) is 0 Å². The largest absolute Gasteiger partial charge is 0.497 e. The van der Waals surface area contributed by atoms with Gasteiger partial charge in [-0.2, -0.15) is 0 Å². The van der Waals surface area contributed by atoms with Gasteiger partial charge in [0.25, 0.3) is 0 Å². The number of ether oxygens (including phenoxy) is 1. The smallest absolute Gasteiger partial charge is 0.150 e. The van der Waals surface area contributed by atoms with Gasteiger partial charge in [0, 0.05) is 57.1 Å². The molecular formula is C21H32N4O2. The summed E-state index contributed by atoms with van der Waals surface area (Å²) in [6.45, 7) is 11.5. The molecule has 2 heterocycles. The second-order valence-electron chi connectivity index (χ2n) is 7.64. The minimum absolute atomic E-state index is 0.411. The van der Waals surface area contributed by atoms with Gasteiger partial charge in [0.05, 0.1) is 19.3 Å². The monoisotopic (exact) mass is 372 g/mol. The topological polar surface area (TPSA) is 45.0 Å². The van der Waals surface area contributed by atoms with Crippen LogP contribution >= 0.6 is 0 Å². The van der Waals surface area contributed by atoms with E-state index < -0.39 is 0 Å². The van der Waals surface area contributed by atoms with Gasteiger partial charge in [-0.1, -0.05) is 25.1 Å². The lowest BCUT2D eigenvalue weighted by molar-refractivity contribution is 0.201. The average Bonchev–Trinajstić information content (AvgIpc) is 3.15. The second kappa shape index (κ2) is 9.24. The SMILES string of the molecule is COc1cccc(N2CCN(CCN(C)Cc3cc(C(C)C)no3)CC2)c1. The number of hydrogen-bond acceptors (Lipinski definition) is 6. The Kier molecular flexibility index (Phi) is 6.74. The second-order valence-corrected chi connectivity index (χ2v) is 7.64. The van der Waals surface area contributed by atoms with Crippen LogP contribution in [0.2, 0.25) is 0 Å². The summed E-state index contributed by atoms with van der Waals surface area (Å²) >= 11 is 0. The highest BCUT2D eigenvalue weighted by Gasteiger charge is 2.18. The molecule has 1 aliphatic heterocycles. The first-order chi connectivity index (χ1) is 13.0. The molecule has 0 N–H and O–H groups in total. The number of likely N-dealkylation sites (N-methyl/N-ethyl adjacent to an activating group) is 1. The van der Waals surface area contributed by atoms with Gasteiger partial charge >= 0.3 is 0 Å². The van der Waals surface area contributed by atoms with Crippen molar-refractivity contribution in [2.75, 3.05) is 58.3 Å². The maximum Gasteiger partial charge on any atom is 0.150 e. The predicted molar refractivity (Wildman–Crippen MR) is 109 cm³/mol. The highest BCUT2D eigenvalue weighted by atomic mass is 16.5. The zero-order valence-electron chi connectivity index (χ0n) is 17.0. The van der Waals surface area contributed by atoms with E-state index in [2.05, 4.69) is 65.0 Å². The lowest BCUT2D eigenvalue weighted by atomic mass is 10.1. The molecule has 6 heteroatoms.